The van der Waals surface area contributed by atoms with Crippen LogP contribution in [0.3, 0.4) is 0 Å². The van der Waals surface area contributed by atoms with Crippen molar-refractivity contribution < 1.29 is 19.8 Å². The van der Waals surface area contributed by atoms with E-state index in [0.717, 1.165) is 5.56 Å². The van der Waals surface area contributed by atoms with Gasteiger partial charge in [-0.25, -0.2) is 4.79 Å². The molecule has 1 aromatic heterocycles. The lowest BCUT2D eigenvalue weighted by molar-refractivity contribution is 0.0678. The fraction of sp³-hybridized carbons (Fsp3) is 0.133. The molecule has 0 atom stereocenters. The van der Waals surface area contributed by atoms with Crippen LogP contribution in [0.1, 0.15) is 26.4 Å². The van der Waals surface area contributed by atoms with Gasteiger partial charge in [0, 0.05) is 19.8 Å². The van der Waals surface area contributed by atoms with E-state index in [0.29, 0.717) is 0 Å². The molecule has 2 rings (SSSR count). The number of phenolic OH excluding ortho intramolecular Hbond substituents is 1. The van der Waals surface area contributed by atoms with Gasteiger partial charge in [-0.05, 0) is 29.8 Å². The number of carboxylic acids is 1. The molecule has 6 nitrogen and oxygen atoms in total. The van der Waals surface area contributed by atoms with Crippen LogP contribution in [0.15, 0.2) is 42.6 Å². The lowest BCUT2D eigenvalue weighted by Crippen LogP contribution is -2.28. The Labute approximate surface area is 121 Å². The Morgan fingerprint density at radius 2 is 2.00 bits per heavy atom. The first kappa shape index (κ1) is 14.5. The molecule has 0 aliphatic heterocycles. The third-order valence-electron chi connectivity index (χ3n) is 2.92. The smallest absolute Gasteiger partial charge is 0.338 e. The number of carbonyl (C=O) groups is 2. The summed E-state index contributed by atoms with van der Waals surface area (Å²) in [4.78, 5) is 28.6. The van der Waals surface area contributed by atoms with Crippen molar-refractivity contribution in [2.24, 2.45) is 0 Å². The zero-order valence-electron chi connectivity index (χ0n) is 11.4. The maximum Gasteiger partial charge on any atom is 0.338 e. The van der Waals surface area contributed by atoms with Crippen LogP contribution in [-0.4, -0.2) is 39.0 Å². The molecule has 0 unspecified atom stereocenters. The number of carboxylic acid groups (broad SMARTS) is 1. The van der Waals surface area contributed by atoms with Gasteiger partial charge in [-0.2, -0.15) is 0 Å². The Balaban J connectivity index is 2.22. The predicted octanol–water partition coefficient (Wildman–Crippen LogP) is 1.76. The highest BCUT2D eigenvalue weighted by Gasteiger charge is 2.20. The van der Waals surface area contributed by atoms with Gasteiger partial charge in [0.2, 0.25) is 0 Å². The van der Waals surface area contributed by atoms with E-state index in [-0.39, 0.29) is 23.6 Å². The number of aromatic hydroxyl groups is 1. The topological polar surface area (TPSA) is 90.7 Å². The van der Waals surface area contributed by atoms with Crippen LogP contribution < -0.4 is 0 Å². The molecular formula is C15H14N2O4. The second-order valence-corrected chi connectivity index (χ2v) is 4.54. The highest BCUT2D eigenvalue weighted by molar-refractivity contribution is 6.03. The maximum absolute atomic E-state index is 12.3. The summed E-state index contributed by atoms with van der Waals surface area (Å²) in [5, 5.41) is 18.5. The highest BCUT2D eigenvalue weighted by Crippen LogP contribution is 2.14. The first-order valence-electron chi connectivity index (χ1n) is 6.20. The van der Waals surface area contributed by atoms with Crippen LogP contribution in [-0.2, 0) is 6.54 Å². The van der Waals surface area contributed by atoms with Gasteiger partial charge < -0.3 is 15.1 Å². The van der Waals surface area contributed by atoms with E-state index in [1.54, 1.807) is 25.2 Å². The molecule has 0 radical (unpaired) electrons. The molecule has 0 aliphatic carbocycles. The van der Waals surface area contributed by atoms with Gasteiger partial charge in [0.1, 0.15) is 11.4 Å². The first-order chi connectivity index (χ1) is 9.99. The molecule has 21 heavy (non-hydrogen) atoms. The van der Waals surface area contributed by atoms with Gasteiger partial charge in [0.15, 0.2) is 0 Å². The van der Waals surface area contributed by atoms with Gasteiger partial charge in [0.25, 0.3) is 5.91 Å². The van der Waals surface area contributed by atoms with Crippen LogP contribution in [0, 0.1) is 0 Å². The number of nitrogens with zero attached hydrogens (tertiary/aromatic N) is 2. The molecule has 0 saturated heterocycles. The molecule has 0 saturated carbocycles. The Morgan fingerprint density at radius 3 is 2.67 bits per heavy atom. The molecule has 6 heteroatoms. The van der Waals surface area contributed by atoms with E-state index < -0.39 is 11.9 Å². The van der Waals surface area contributed by atoms with Crippen molar-refractivity contribution in [1.82, 2.24) is 9.88 Å². The van der Waals surface area contributed by atoms with E-state index >= 15 is 0 Å². The lowest BCUT2D eigenvalue weighted by atomic mass is 10.1. The Bertz CT molecular complexity index is 685. The minimum Gasteiger partial charge on any atom is -0.508 e. The average Bonchev–Trinajstić information content (AvgIpc) is 2.46. The summed E-state index contributed by atoms with van der Waals surface area (Å²) in [6.45, 7) is 0.239. The molecule has 0 bridgehead atoms. The average molecular weight is 286 g/mol. The molecule has 1 aromatic carbocycles. The van der Waals surface area contributed by atoms with Gasteiger partial charge in [-0.3, -0.25) is 9.78 Å². The van der Waals surface area contributed by atoms with Crippen molar-refractivity contribution in [1.29, 1.82) is 0 Å². The summed E-state index contributed by atoms with van der Waals surface area (Å²) in [7, 11) is 1.55. The van der Waals surface area contributed by atoms with Crippen molar-refractivity contribution in [2.75, 3.05) is 7.05 Å². The van der Waals surface area contributed by atoms with E-state index in [1.807, 2.05) is 0 Å². The first-order valence-corrected chi connectivity index (χ1v) is 6.20. The van der Waals surface area contributed by atoms with Crippen LogP contribution in [0.4, 0.5) is 0 Å². The SMILES string of the molecule is CN(Cc1cccc(O)c1)C(=O)c1ncccc1C(=O)O. The zero-order chi connectivity index (χ0) is 15.4. The standard InChI is InChI=1S/C15H14N2O4/c1-17(9-10-4-2-5-11(18)8-10)14(19)13-12(15(20)21)6-3-7-16-13/h2-8,18H,9H2,1H3,(H,20,21). The predicted molar refractivity (Wildman–Crippen MR) is 75.1 cm³/mol. The number of carbonyl (C=O) groups excluding carboxylic acids is 1. The summed E-state index contributed by atoms with van der Waals surface area (Å²) >= 11 is 0. The number of aromatic carboxylic acids is 1. The molecule has 0 fully saturated rings. The van der Waals surface area contributed by atoms with Crippen molar-refractivity contribution in [2.45, 2.75) is 6.54 Å². The number of amides is 1. The fourth-order valence-electron chi connectivity index (χ4n) is 1.93. The molecule has 2 aromatic rings. The molecule has 0 spiro atoms. The van der Waals surface area contributed by atoms with E-state index in [9.17, 15) is 14.7 Å². The molecular weight excluding hydrogens is 272 g/mol. The minimum atomic E-state index is -1.20. The quantitative estimate of drug-likeness (QED) is 0.893. The lowest BCUT2D eigenvalue weighted by Gasteiger charge is -2.17. The Morgan fingerprint density at radius 1 is 1.24 bits per heavy atom. The summed E-state index contributed by atoms with van der Waals surface area (Å²) in [6.07, 6.45) is 1.38. The molecule has 2 N–H and O–H groups in total. The van der Waals surface area contributed by atoms with Crippen LogP contribution in [0.25, 0.3) is 0 Å². The number of hydrogen-bond donors (Lipinski definition) is 2. The van der Waals surface area contributed by atoms with Crippen molar-refractivity contribution in [3.05, 3.63) is 59.4 Å². The fourth-order valence-corrected chi connectivity index (χ4v) is 1.93. The van der Waals surface area contributed by atoms with Crippen LogP contribution in [0.2, 0.25) is 0 Å². The zero-order valence-corrected chi connectivity index (χ0v) is 11.4. The largest absolute Gasteiger partial charge is 0.508 e. The van der Waals surface area contributed by atoms with Crippen molar-refractivity contribution >= 4 is 11.9 Å². The van der Waals surface area contributed by atoms with E-state index in [1.165, 1.54) is 29.3 Å². The summed E-state index contributed by atoms with van der Waals surface area (Å²) in [5.41, 5.74) is 0.497. The summed E-state index contributed by atoms with van der Waals surface area (Å²) < 4.78 is 0. The monoisotopic (exact) mass is 286 g/mol. The number of aromatic nitrogens is 1. The summed E-state index contributed by atoms with van der Waals surface area (Å²) in [5.74, 6) is -1.58. The number of rotatable bonds is 4. The molecule has 0 aliphatic rings. The number of hydrogen-bond acceptors (Lipinski definition) is 4. The summed E-state index contributed by atoms with van der Waals surface area (Å²) in [6, 6.07) is 9.32. The Hall–Kier alpha value is -2.89. The number of pyridine rings is 1. The third kappa shape index (κ3) is 3.36. The van der Waals surface area contributed by atoms with Crippen molar-refractivity contribution in [3.8, 4) is 5.75 Å². The molecule has 1 heterocycles. The van der Waals surface area contributed by atoms with Crippen LogP contribution in [0.5, 0.6) is 5.75 Å². The van der Waals surface area contributed by atoms with Gasteiger partial charge in [-0.1, -0.05) is 12.1 Å². The second-order valence-electron chi connectivity index (χ2n) is 4.54. The molecule has 108 valence electrons. The normalized spacial score (nSPS) is 10.1. The van der Waals surface area contributed by atoms with Crippen molar-refractivity contribution in [3.63, 3.8) is 0 Å². The van der Waals surface area contributed by atoms with Crippen LogP contribution >= 0.6 is 0 Å². The van der Waals surface area contributed by atoms with Gasteiger partial charge in [-0.15, -0.1) is 0 Å². The second kappa shape index (κ2) is 6.04. The number of benzene rings is 1. The van der Waals surface area contributed by atoms with E-state index in [2.05, 4.69) is 4.98 Å². The third-order valence-corrected chi connectivity index (χ3v) is 2.92. The molecule has 1 amide bonds. The maximum atomic E-state index is 12.3. The van der Waals surface area contributed by atoms with Gasteiger partial charge in [0.05, 0.1) is 5.56 Å². The van der Waals surface area contributed by atoms with E-state index in [4.69, 9.17) is 5.11 Å². The minimum absolute atomic E-state index is 0.104. The van der Waals surface area contributed by atoms with Gasteiger partial charge >= 0.3 is 5.97 Å². The highest BCUT2D eigenvalue weighted by atomic mass is 16.4. The Kier molecular flexibility index (Phi) is 4.18. The number of phenols is 1.